The van der Waals surface area contributed by atoms with E-state index in [9.17, 15) is 24.2 Å². The van der Waals surface area contributed by atoms with Gasteiger partial charge in [0.2, 0.25) is 0 Å². The van der Waals surface area contributed by atoms with Gasteiger partial charge >= 0.3 is 19.8 Å². The molecule has 288 valence electrons. The number of ether oxygens (including phenoxy) is 3. The van der Waals surface area contributed by atoms with Crippen LogP contribution in [0.3, 0.4) is 0 Å². The molecule has 1 heterocycles. The van der Waals surface area contributed by atoms with E-state index in [2.05, 4.69) is 37.4 Å². The summed E-state index contributed by atoms with van der Waals surface area (Å²) in [4.78, 5) is 34.8. The van der Waals surface area contributed by atoms with Gasteiger partial charge in [-0.2, -0.15) is 0 Å². The molecule has 1 saturated heterocycles. The summed E-state index contributed by atoms with van der Waals surface area (Å²) in [5.74, 6) is -0.186. The summed E-state index contributed by atoms with van der Waals surface area (Å²) in [6.45, 7) is 4.57. The van der Waals surface area contributed by atoms with Gasteiger partial charge in [0.15, 0.2) is 6.10 Å². The van der Waals surface area contributed by atoms with Crippen molar-refractivity contribution >= 4 is 19.8 Å². The number of epoxide rings is 1. The van der Waals surface area contributed by atoms with Gasteiger partial charge in [0, 0.05) is 12.8 Å². The Labute approximate surface area is 296 Å². The van der Waals surface area contributed by atoms with Gasteiger partial charge in [-0.25, -0.2) is 4.57 Å². The van der Waals surface area contributed by atoms with Crippen LogP contribution in [0.25, 0.3) is 0 Å². The fraction of sp³-hybridized carbons (Fsp3) is 0.892. The second-order valence-electron chi connectivity index (χ2n) is 13.6. The van der Waals surface area contributed by atoms with Crippen molar-refractivity contribution in [1.29, 1.82) is 0 Å². The zero-order valence-corrected chi connectivity index (χ0v) is 31.7. The first kappa shape index (κ1) is 45.7. The molecule has 0 bridgehead atoms. The van der Waals surface area contributed by atoms with Crippen molar-refractivity contribution in [3.8, 4) is 0 Å². The molecule has 0 amide bonds. The highest BCUT2D eigenvalue weighted by Crippen LogP contribution is 2.43. The maximum atomic E-state index is 12.5. The Hall–Kier alpha value is -1.33. The summed E-state index contributed by atoms with van der Waals surface area (Å²) in [7, 11) is -4.61. The van der Waals surface area contributed by atoms with Gasteiger partial charge in [-0.1, -0.05) is 116 Å². The molecule has 0 aliphatic carbocycles. The molecule has 11 nitrogen and oxygen atoms in total. The highest BCUT2D eigenvalue weighted by atomic mass is 31.2. The van der Waals surface area contributed by atoms with Crippen molar-refractivity contribution in [3.05, 3.63) is 12.2 Å². The van der Waals surface area contributed by atoms with E-state index in [1.807, 2.05) is 0 Å². The number of phosphoric ester groups is 1. The van der Waals surface area contributed by atoms with Crippen LogP contribution in [0.4, 0.5) is 0 Å². The number of carbonyl (C=O) groups excluding carboxylic acids is 2. The van der Waals surface area contributed by atoms with Gasteiger partial charge in [-0.15, -0.1) is 0 Å². The minimum atomic E-state index is -4.61. The highest BCUT2D eigenvalue weighted by molar-refractivity contribution is 7.47. The monoisotopic (exact) mass is 720 g/mol. The predicted molar refractivity (Wildman–Crippen MR) is 191 cm³/mol. The smallest absolute Gasteiger partial charge is 0.462 e. The van der Waals surface area contributed by atoms with E-state index >= 15 is 0 Å². The molecule has 49 heavy (non-hydrogen) atoms. The minimum Gasteiger partial charge on any atom is -0.462 e. The zero-order chi connectivity index (χ0) is 36.2. The first-order valence-corrected chi connectivity index (χ1v) is 20.7. The summed E-state index contributed by atoms with van der Waals surface area (Å²) in [6, 6.07) is 0. The molecule has 0 aromatic carbocycles. The minimum absolute atomic E-state index is 0.178. The summed E-state index contributed by atoms with van der Waals surface area (Å²) >= 11 is 0. The van der Waals surface area contributed by atoms with E-state index in [1.54, 1.807) is 0 Å². The van der Waals surface area contributed by atoms with Crippen LogP contribution in [0.1, 0.15) is 156 Å². The Balaban J connectivity index is 2.28. The molecule has 1 rings (SSSR count). The predicted octanol–water partition coefficient (Wildman–Crippen LogP) is 8.12. The molecule has 0 radical (unpaired) electrons. The number of esters is 2. The molecular weight excluding hydrogens is 651 g/mol. The molecule has 0 spiro atoms. The number of aliphatic hydroxyl groups is 2. The lowest BCUT2D eigenvalue weighted by atomic mass is 10.00. The topological polar surface area (TPSA) is 161 Å². The number of hydrogen-bond acceptors (Lipinski definition) is 10. The molecule has 1 aliphatic heterocycles. The molecule has 4 unspecified atom stereocenters. The van der Waals surface area contributed by atoms with Crippen molar-refractivity contribution in [2.45, 2.75) is 180 Å². The Morgan fingerprint density at radius 1 is 0.796 bits per heavy atom. The largest absolute Gasteiger partial charge is 0.472 e. The van der Waals surface area contributed by atoms with Gasteiger partial charge in [0.25, 0.3) is 0 Å². The average Bonchev–Trinajstić information content (AvgIpc) is 3.84. The van der Waals surface area contributed by atoms with Gasteiger partial charge in [0.1, 0.15) is 12.7 Å². The fourth-order valence-corrected chi connectivity index (χ4v) is 6.18. The molecule has 0 aromatic heterocycles. The van der Waals surface area contributed by atoms with Crippen LogP contribution in [-0.2, 0) is 37.4 Å². The molecular formula is C37H69O11P. The van der Waals surface area contributed by atoms with Crippen molar-refractivity contribution < 1.29 is 52.5 Å². The molecule has 3 N–H and O–H groups in total. The SMILES string of the molecule is CCCCCC1OC1C/C=C\CCCCCCCC(=O)OC[C@H](COP(=O)(O)OC[C@@H](O)CO)OC(=O)CCCCCCCCC(C)CC. The van der Waals surface area contributed by atoms with Crippen molar-refractivity contribution in [3.63, 3.8) is 0 Å². The first-order valence-electron chi connectivity index (χ1n) is 19.2. The number of rotatable bonds is 34. The standard InChI is InChI=1S/C37H69O11P/c1-4-6-17-23-34-35(48-34)24-19-14-9-7-8-10-15-20-25-36(40)44-29-33(30-46-49(42,43)45-28-32(39)27-38)47-37(41)26-21-16-12-11-13-18-22-31(3)5-2/h14,19,31-35,38-39H,4-13,15-18,20-30H2,1-3H3,(H,42,43)/b19-14-/t31?,32-,33+,34?,35?/m0/s1. The molecule has 12 heteroatoms. The number of phosphoric acid groups is 1. The summed E-state index contributed by atoms with van der Waals surface area (Å²) in [5, 5.41) is 18.3. The van der Waals surface area contributed by atoms with Crippen LogP contribution in [0.15, 0.2) is 12.2 Å². The van der Waals surface area contributed by atoms with Crippen LogP contribution < -0.4 is 0 Å². The van der Waals surface area contributed by atoms with E-state index in [1.165, 1.54) is 51.4 Å². The third-order valence-electron chi connectivity index (χ3n) is 8.88. The normalized spacial score (nSPS) is 19.0. The Morgan fingerprint density at radius 3 is 2.10 bits per heavy atom. The Bertz CT molecular complexity index is 915. The van der Waals surface area contributed by atoms with Crippen molar-refractivity contribution in [2.75, 3.05) is 26.4 Å². The molecule has 6 atom stereocenters. The average molecular weight is 721 g/mol. The van der Waals surface area contributed by atoms with Crippen molar-refractivity contribution in [1.82, 2.24) is 0 Å². The van der Waals surface area contributed by atoms with E-state index < -0.39 is 51.8 Å². The van der Waals surface area contributed by atoms with E-state index in [0.717, 1.165) is 63.7 Å². The highest BCUT2D eigenvalue weighted by Gasteiger charge is 2.36. The maximum Gasteiger partial charge on any atom is 0.472 e. The summed E-state index contributed by atoms with van der Waals surface area (Å²) in [5.41, 5.74) is 0. The molecule has 1 aliphatic rings. The van der Waals surface area contributed by atoms with Crippen LogP contribution >= 0.6 is 7.82 Å². The lowest BCUT2D eigenvalue weighted by Gasteiger charge is -2.20. The number of aliphatic hydroxyl groups excluding tert-OH is 2. The lowest BCUT2D eigenvalue weighted by molar-refractivity contribution is -0.161. The van der Waals surface area contributed by atoms with E-state index in [-0.39, 0.29) is 19.4 Å². The quantitative estimate of drug-likeness (QED) is 0.0194. The van der Waals surface area contributed by atoms with Crippen LogP contribution in [0.5, 0.6) is 0 Å². The molecule has 0 aromatic rings. The second kappa shape index (κ2) is 29.3. The van der Waals surface area contributed by atoms with Gasteiger partial charge in [-0.3, -0.25) is 18.6 Å². The Kier molecular flexibility index (Phi) is 27.3. The third-order valence-corrected chi connectivity index (χ3v) is 9.83. The van der Waals surface area contributed by atoms with Gasteiger partial charge < -0.3 is 29.3 Å². The first-order chi connectivity index (χ1) is 23.6. The summed E-state index contributed by atoms with van der Waals surface area (Å²) < 4.78 is 38.3. The number of carbonyl (C=O) groups is 2. The van der Waals surface area contributed by atoms with Crippen LogP contribution in [0.2, 0.25) is 0 Å². The molecule has 0 saturated carbocycles. The fourth-order valence-electron chi connectivity index (χ4n) is 5.39. The maximum absolute atomic E-state index is 12.5. The van der Waals surface area contributed by atoms with E-state index in [4.69, 9.17) is 23.8 Å². The van der Waals surface area contributed by atoms with Crippen LogP contribution in [-0.4, -0.2) is 77.9 Å². The lowest BCUT2D eigenvalue weighted by Crippen LogP contribution is -2.29. The number of unbranched alkanes of at least 4 members (excludes halogenated alkanes) is 12. The second-order valence-corrected chi connectivity index (χ2v) is 15.0. The third kappa shape index (κ3) is 27.1. The number of allylic oxidation sites excluding steroid dienone is 1. The van der Waals surface area contributed by atoms with Gasteiger partial charge in [0.05, 0.1) is 32.0 Å². The van der Waals surface area contributed by atoms with Crippen molar-refractivity contribution in [2.24, 2.45) is 5.92 Å². The Morgan fingerprint density at radius 2 is 1.43 bits per heavy atom. The summed E-state index contributed by atoms with van der Waals surface area (Å²) in [6.07, 6.45) is 23.7. The number of hydrogen-bond donors (Lipinski definition) is 3. The van der Waals surface area contributed by atoms with Crippen LogP contribution in [0, 0.1) is 5.92 Å². The van der Waals surface area contributed by atoms with Gasteiger partial charge in [-0.05, 0) is 44.4 Å². The zero-order valence-electron chi connectivity index (χ0n) is 30.8. The van der Waals surface area contributed by atoms with E-state index in [0.29, 0.717) is 25.0 Å². The molecule has 1 fully saturated rings.